The van der Waals surface area contributed by atoms with E-state index >= 15 is 0 Å². The van der Waals surface area contributed by atoms with Gasteiger partial charge in [0.15, 0.2) is 0 Å². The molecule has 4 heterocycles. The molecule has 146 valence electrons. The van der Waals surface area contributed by atoms with Gasteiger partial charge in [-0.2, -0.15) is 0 Å². The average molecular weight is 396 g/mol. The first-order valence-corrected chi connectivity index (χ1v) is 10.3. The van der Waals surface area contributed by atoms with Crippen molar-refractivity contribution in [2.45, 2.75) is 39.8 Å². The third-order valence-corrected chi connectivity index (χ3v) is 6.05. The number of amides is 1. The molecule has 1 amide bonds. The number of thiazole rings is 1. The van der Waals surface area contributed by atoms with Crippen LogP contribution in [0.3, 0.4) is 0 Å². The number of carbonyl (C=O) groups excluding carboxylic acids is 1. The first-order valence-electron chi connectivity index (χ1n) is 9.50. The summed E-state index contributed by atoms with van der Waals surface area (Å²) < 4.78 is 1.94. The predicted molar refractivity (Wildman–Crippen MR) is 112 cm³/mol. The smallest absolute Gasteiger partial charge is 0.263 e. The van der Waals surface area contributed by atoms with E-state index in [0.717, 1.165) is 29.2 Å². The predicted octanol–water partition coefficient (Wildman–Crippen LogP) is 3.51. The van der Waals surface area contributed by atoms with E-state index in [-0.39, 0.29) is 11.3 Å². The lowest BCUT2D eigenvalue weighted by molar-refractivity contribution is 0.0954. The van der Waals surface area contributed by atoms with Gasteiger partial charge in [-0.15, -0.1) is 11.3 Å². The van der Waals surface area contributed by atoms with Crippen LogP contribution < -0.4 is 10.6 Å². The number of fused-ring (bicyclic) bond motifs is 1. The number of pyridine rings is 1. The highest BCUT2D eigenvalue weighted by molar-refractivity contribution is 7.14. The second-order valence-electron chi connectivity index (χ2n) is 8.18. The molecule has 28 heavy (non-hydrogen) atoms. The molecule has 6 nitrogen and oxygen atoms in total. The van der Waals surface area contributed by atoms with Crippen LogP contribution in [0.2, 0.25) is 0 Å². The van der Waals surface area contributed by atoms with Crippen LogP contribution in [-0.2, 0) is 6.54 Å². The maximum absolute atomic E-state index is 12.6. The van der Waals surface area contributed by atoms with E-state index in [1.807, 2.05) is 28.9 Å². The summed E-state index contributed by atoms with van der Waals surface area (Å²) in [6.45, 7) is 8.09. The molecular weight excluding hydrogens is 370 g/mol. The molecule has 0 saturated heterocycles. The van der Waals surface area contributed by atoms with Gasteiger partial charge in [0, 0.05) is 31.2 Å². The van der Waals surface area contributed by atoms with Crippen LogP contribution in [0.15, 0.2) is 43.0 Å². The van der Waals surface area contributed by atoms with Gasteiger partial charge in [0.25, 0.3) is 5.91 Å². The van der Waals surface area contributed by atoms with E-state index < -0.39 is 0 Å². The van der Waals surface area contributed by atoms with E-state index in [2.05, 4.69) is 47.4 Å². The first-order chi connectivity index (χ1) is 13.4. The molecule has 0 bridgehead atoms. The molecule has 4 rings (SSSR count). The standard InChI is InChI=1S/C21H25N5OS/c1-21(2,3)17-11-15(4-6-22-17)20-25-13-16(28-20)19(27)24-12-14-5-8-26-9-7-23-18(26)10-14/h5,7-11,13,17,22H,4,6,12H2,1-3H3,(H,24,27). The molecule has 7 heteroatoms. The van der Waals surface area contributed by atoms with Crippen molar-refractivity contribution in [3.05, 3.63) is 58.4 Å². The minimum Gasteiger partial charge on any atom is -0.347 e. The van der Waals surface area contributed by atoms with Gasteiger partial charge in [-0.1, -0.05) is 26.8 Å². The monoisotopic (exact) mass is 395 g/mol. The zero-order chi connectivity index (χ0) is 19.7. The minimum atomic E-state index is -0.0890. The van der Waals surface area contributed by atoms with Crippen LogP contribution in [0, 0.1) is 5.41 Å². The van der Waals surface area contributed by atoms with Crippen molar-refractivity contribution in [1.29, 1.82) is 0 Å². The van der Waals surface area contributed by atoms with Crippen LogP contribution in [-0.4, -0.2) is 32.9 Å². The van der Waals surface area contributed by atoms with E-state index in [9.17, 15) is 4.79 Å². The number of hydrogen-bond donors (Lipinski definition) is 2. The number of nitrogens with one attached hydrogen (secondary N) is 2. The fourth-order valence-electron chi connectivity index (χ4n) is 3.30. The van der Waals surface area contributed by atoms with Crippen molar-refractivity contribution in [3.63, 3.8) is 0 Å². The van der Waals surface area contributed by atoms with Gasteiger partial charge in [-0.05, 0) is 41.6 Å². The Bertz CT molecular complexity index is 1030. The highest BCUT2D eigenvalue weighted by atomic mass is 32.1. The quantitative estimate of drug-likeness (QED) is 0.709. The number of rotatable bonds is 4. The van der Waals surface area contributed by atoms with Crippen LogP contribution in [0.4, 0.5) is 0 Å². The molecule has 0 aliphatic carbocycles. The lowest BCUT2D eigenvalue weighted by Gasteiger charge is -2.32. The largest absolute Gasteiger partial charge is 0.347 e. The third kappa shape index (κ3) is 4.00. The Morgan fingerprint density at radius 1 is 1.36 bits per heavy atom. The van der Waals surface area contributed by atoms with Gasteiger partial charge >= 0.3 is 0 Å². The highest BCUT2D eigenvalue weighted by Gasteiger charge is 2.26. The molecule has 0 aromatic carbocycles. The Kier molecular flexibility index (Phi) is 5.03. The topological polar surface area (TPSA) is 71.3 Å². The second kappa shape index (κ2) is 7.48. The molecule has 0 saturated carbocycles. The molecule has 0 radical (unpaired) electrons. The number of nitrogens with zero attached hydrogens (tertiary/aromatic N) is 3. The molecule has 0 fully saturated rings. The Labute approximate surface area is 168 Å². The van der Waals surface area contributed by atoms with Crippen LogP contribution in [0.1, 0.15) is 47.4 Å². The Hall–Kier alpha value is -2.51. The van der Waals surface area contributed by atoms with E-state index in [4.69, 9.17) is 0 Å². The van der Waals surface area contributed by atoms with Crippen LogP contribution in [0.25, 0.3) is 11.2 Å². The molecule has 0 spiro atoms. The lowest BCUT2D eigenvalue weighted by Crippen LogP contribution is -2.41. The fourth-order valence-corrected chi connectivity index (χ4v) is 4.18. The summed E-state index contributed by atoms with van der Waals surface area (Å²) in [5.41, 5.74) is 3.27. The van der Waals surface area contributed by atoms with Crippen LogP contribution in [0.5, 0.6) is 0 Å². The van der Waals surface area contributed by atoms with Gasteiger partial charge in [0.1, 0.15) is 15.5 Å². The van der Waals surface area contributed by atoms with Crippen molar-refractivity contribution in [2.75, 3.05) is 6.54 Å². The van der Waals surface area contributed by atoms with Crippen molar-refractivity contribution in [1.82, 2.24) is 25.0 Å². The van der Waals surface area contributed by atoms with E-state index in [1.54, 1.807) is 12.4 Å². The molecule has 2 N–H and O–H groups in total. The van der Waals surface area contributed by atoms with Gasteiger partial charge in [0.05, 0.1) is 6.20 Å². The van der Waals surface area contributed by atoms with Gasteiger partial charge in [-0.25, -0.2) is 9.97 Å². The Morgan fingerprint density at radius 2 is 2.21 bits per heavy atom. The van der Waals surface area contributed by atoms with Crippen molar-refractivity contribution < 1.29 is 4.79 Å². The maximum atomic E-state index is 12.6. The summed E-state index contributed by atoms with van der Waals surface area (Å²) in [6.07, 6.45) is 10.5. The maximum Gasteiger partial charge on any atom is 0.263 e. The number of imidazole rings is 1. The van der Waals surface area contributed by atoms with Crippen molar-refractivity contribution in [2.24, 2.45) is 5.41 Å². The van der Waals surface area contributed by atoms with Gasteiger partial charge in [0.2, 0.25) is 0 Å². The molecule has 3 aromatic rings. The molecule has 1 aliphatic rings. The van der Waals surface area contributed by atoms with E-state index in [0.29, 0.717) is 17.5 Å². The Morgan fingerprint density at radius 3 is 3.04 bits per heavy atom. The van der Waals surface area contributed by atoms with Crippen LogP contribution >= 0.6 is 11.3 Å². The molecule has 1 unspecified atom stereocenters. The van der Waals surface area contributed by atoms with Gasteiger partial charge in [-0.3, -0.25) is 4.79 Å². The summed E-state index contributed by atoms with van der Waals surface area (Å²) in [7, 11) is 0. The summed E-state index contributed by atoms with van der Waals surface area (Å²) in [5, 5.41) is 7.48. The summed E-state index contributed by atoms with van der Waals surface area (Å²) in [6, 6.07) is 4.28. The summed E-state index contributed by atoms with van der Waals surface area (Å²) >= 11 is 1.46. The molecule has 1 atom stereocenters. The van der Waals surface area contributed by atoms with Crippen molar-refractivity contribution >= 4 is 28.5 Å². The number of carbonyl (C=O) groups is 1. The first kappa shape index (κ1) is 18.8. The average Bonchev–Trinajstić information content (AvgIpc) is 3.34. The van der Waals surface area contributed by atoms with Gasteiger partial charge < -0.3 is 15.0 Å². The minimum absolute atomic E-state index is 0.0890. The normalized spacial score (nSPS) is 17.5. The number of aromatic nitrogens is 3. The summed E-state index contributed by atoms with van der Waals surface area (Å²) in [5.74, 6) is -0.0890. The molecular formula is C21H25N5OS. The van der Waals surface area contributed by atoms with Crippen molar-refractivity contribution in [3.8, 4) is 0 Å². The SMILES string of the molecule is CC(C)(C)C1C=C(c2ncc(C(=O)NCc3ccn4ccnc4c3)s2)CCN1. The zero-order valence-corrected chi connectivity index (χ0v) is 17.2. The van der Waals surface area contributed by atoms with E-state index in [1.165, 1.54) is 16.9 Å². The summed E-state index contributed by atoms with van der Waals surface area (Å²) in [4.78, 5) is 22.0. The highest BCUT2D eigenvalue weighted by Crippen LogP contribution is 2.30. The molecule has 1 aliphatic heterocycles. The lowest BCUT2D eigenvalue weighted by atomic mass is 9.83. The third-order valence-electron chi connectivity index (χ3n) is 4.98. The second-order valence-corrected chi connectivity index (χ2v) is 9.21. The Balaban J connectivity index is 1.43. The fraction of sp³-hybridized carbons (Fsp3) is 0.381. The zero-order valence-electron chi connectivity index (χ0n) is 16.4. The number of hydrogen-bond acceptors (Lipinski definition) is 5. The molecule has 3 aromatic heterocycles.